The molecule has 0 spiro atoms. The van der Waals surface area contributed by atoms with Crippen LogP contribution in [0.5, 0.6) is 0 Å². The summed E-state index contributed by atoms with van der Waals surface area (Å²) in [7, 11) is 0. The van der Waals surface area contributed by atoms with Crippen LogP contribution in [0.4, 0.5) is 5.69 Å². The third kappa shape index (κ3) is 3.67. The van der Waals surface area contributed by atoms with Crippen molar-refractivity contribution in [2.24, 2.45) is 0 Å². The van der Waals surface area contributed by atoms with Crippen molar-refractivity contribution >= 4 is 29.0 Å². The van der Waals surface area contributed by atoms with Crippen molar-refractivity contribution in [2.45, 2.75) is 33.7 Å². The second-order valence-corrected chi connectivity index (χ2v) is 4.88. The Kier molecular flexibility index (Phi) is 5.30. The molecule has 104 valence electrons. The minimum Gasteiger partial charge on any atom is -0.480 e. The number of hydrogen-bond donors (Lipinski definition) is 2. The number of thiocarbonyl (C=S) groups is 1. The Morgan fingerprint density at radius 3 is 2.37 bits per heavy atom. The molecular formula is C14H20N2O2S. The lowest BCUT2D eigenvalue weighted by atomic mass is 10.1. The van der Waals surface area contributed by atoms with Gasteiger partial charge in [0, 0.05) is 12.2 Å². The molecule has 0 aliphatic heterocycles. The molecule has 0 heterocycles. The Morgan fingerprint density at radius 1 is 1.42 bits per heavy atom. The third-order valence-corrected chi connectivity index (χ3v) is 3.48. The first kappa shape index (κ1) is 15.4. The molecule has 0 radical (unpaired) electrons. The number of nitrogens with one attached hydrogen (secondary N) is 1. The lowest BCUT2D eigenvalue weighted by Gasteiger charge is -2.28. The van der Waals surface area contributed by atoms with Crippen LogP contribution in [0.25, 0.3) is 0 Å². The summed E-state index contributed by atoms with van der Waals surface area (Å²) >= 11 is 5.32. The molecule has 0 aromatic heterocycles. The maximum absolute atomic E-state index is 11.1. The number of aryl methyl sites for hydroxylation is 2. The number of anilines is 1. The van der Waals surface area contributed by atoms with Crippen molar-refractivity contribution < 1.29 is 9.90 Å². The van der Waals surface area contributed by atoms with Crippen LogP contribution < -0.4 is 5.32 Å². The highest BCUT2D eigenvalue weighted by Gasteiger charge is 2.22. The zero-order valence-corrected chi connectivity index (χ0v) is 12.5. The predicted molar refractivity (Wildman–Crippen MR) is 81.6 cm³/mol. The topological polar surface area (TPSA) is 52.6 Å². The van der Waals surface area contributed by atoms with E-state index in [4.69, 9.17) is 17.3 Å². The standard InChI is InChI=1S/C14H20N2O2S/c1-5-16(11(4)13(17)18)14(19)15-12-9(2)7-6-8-10(12)3/h6-8,11H,5H2,1-4H3,(H,15,19)(H,17,18). The van der Waals surface area contributed by atoms with Crippen molar-refractivity contribution in [1.82, 2.24) is 4.90 Å². The molecule has 2 N–H and O–H groups in total. The molecule has 0 aliphatic rings. The van der Waals surface area contributed by atoms with Gasteiger partial charge in [0.05, 0.1) is 0 Å². The van der Waals surface area contributed by atoms with Gasteiger partial charge in [-0.2, -0.15) is 0 Å². The highest BCUT2D eigenvalue weighted by Crippen LogP contribution is 2.20. The number of nitrogens with zero attached hydrogens (tertiary/aromatic N) is 1. The highest BCUT2D eigenvalue weighted by molar-refractivity contribution is 7.80. The lowest BCUT2D eigenvalue weighted by Crippen LogP contribution is -2.45. The lowest BCUT2D eigenvalue weighted by molar-refractivity contribution is -0.141. The van der Waals surface area contributed by atoms with Gasteiger partial charge in [0.15, 0.2) is 5.11 Å². The van der Waals surface area contributed by atoms with E-state index in [9.17, 15) is 4.79 Å². The maximum Gasteiger partial charge on any atom is 0.326 e. The van der Waals surface area contributed by atoms with Gasteiger partial charge in [-0.15, -0.1) is 0 Å². The van der Waals surface area contributed by atoms with Gasteiger partial charge in [0.1, 0.15) is 6.04 Å². The van der Waals surface area contributed by atoms with E-state index >= 15 is 0 Å². The fourth-order valence-corrected chi connectivity index (χ4v) is 2.31. The molecule has 1 rings (SSSR count). The zero-order valence-electron chi connectivity index (χ0n) is 11.7. The average Bonchev–Trinajstić information content (AvgIpc) is 2.34. The minimum absolute atomic E-state index is 0.440. The fourth-order valence-electron chi connectivity index (χ4n) is 1.92. The molecule has 0 saturated heterocycles. The van der Waals surface area contributed by atoms with Crippen molar-refractivity contribution in [3.05, 3.63) is 29.3 Å². The van der Waals surface area contributed by atoms with Crippen LogP contribution in [0.1, 0.15) is 25.0 Å². The second kappa shape index (κ2) is 6.52. The summed E-state index contributed by atoms with van der Waals surface area (Å²) in [4.78, 5) is 12.7. The van der Waals surface area contributed by atoms with Crippen molar-refractivity contribution in [3.8, 4) is 0 Å². The number of hydrogen-bond acceptors (Lipinski definition) is 2. The van der Waals surface area contributed by atoms with Crippen molar-refractivity contribution in [3.63, 3.8) is 0 Å². The van der Waals surface area contributed by atoms with E-state index in [1.165, 1.54) is 0 Å². The first-order valence-corrected chi connectivity index (χ1v) is 6.66. The number of benzene rings is 1. The first-order chi connectivity index (χ1) is 8.88. The van der Waals surface area contributed by atoms with E-state index in [1.807, 2.05) is 39.0 Å². The van der Waals surface area contributed by atoms with Gasteiger partial charge >= 0.3 is 5.97 Å². The second-order valence-electron chi connectivity index (χ2n) is 4.50. The van der Waals surface area contributed by atoms with Gasteiger partial charge in [-0.05, 0) is 51.0 Å². The molecule has 5 heteroatoms. The van der Waals surface area contributed by atoms with Gasteiger partial charge in [0.2, 0.25) is 0 Å². The smallest absolute Gasteiger partial charge is 0.326 e. The normalized spacial score (nSPS) is 11.8. The van der Waals surface area contributed by atoms with Gasteiger partial charge < -0.3 is 15.3 Å². The van der Waals surface area contributed by atoms with Crippen LogP contribution in [0.2, 0.25) is 0 Å². The van der Waals surface area contributed by atoms with Gasteiger partial charge in [-0.3, -0.25) is 0 Å². The largest absolute Gasteiger partial charge is 0.480 e. The summed E-state index contributed by atoms with van der Waals surface area (Å²) in [5.41, 5.74) is 3.12. The molecule has 19 heavy (non-hydrogen) atoms. The highest BCUT2D eigenvalue weighted by atomic mass is 32.1. The molecule has 0 amide bonds. The number of carboxylic acids is 1. The number of rotatable bonds is 4. The number of para-hydroxylation sites is 1. The SMILES string of the molecule is CCN(C(=S)Nc1c(C)cccc1C)C(C)C(=O)O. The molecule has 0 saturated carbocycles. The monoisotopic (exact) mass is 280 g/mol. The zero-order chi connectivity index (χ0) is 14.6. The van der Waals surface area contributed by atoms with Crippen LogP contribution in [0, 0.1) is 13.8 Å². The third-order valence-electron chi connectivity index (χ3n) is 3.14. The predicted octanol–water partition coefficient (Wildman–Crippen LogP) is 2.80. The summed E-state index contributed by atoms with van der Waals surface area (Å²) in [5, 5.41) is 12.7. The maximum atomic E-state index is 11.1. The van der Waals surface area contributed by atoms with E-state index < -0.39 is 12.0 Å². The molecular weight excluding hydrogens is 260 g/mol. The van der Waals surface area contributed by atoms with E-state index in [-0.39, 0.29) is 0 Å². The van der Waals surface area contributed by atoms with E-state index in [2.05, 4.69) is 5.32 Å². The van der Waals surface area contributed by atoms with Crippen LogP contribution >= 0.6 is 12.2 Å². The minimum atomic E-state index is -0.882. The average molecular weight is 280 g/mol. The molecule has 1 aromatic carbocycles. The summed E-state index contributed by atoms with van der Waals surface area (Å²) in [5.74, 6) is -0.882. The van der Waals surface area contributed by atoms with Crippen molar-refractivity contribution in [2.75, 3.05) is 11.9 Å². The Balaban J connectivity index is 2.92. The number of carboxylic acid groups (broad SMARTS) is 1. The van der Waals surface area contributed by atoms with Crippen LogP contribution in [-0.2, 0) is 4.79 Å². The van der Waals surface area contributed by atoms with E-state index in [0.29, 0.717) is 11.7 Å². The Hall–Kier alpha value is -1.62. The van der Waals surface area contributed by atoms with E-state index in [0.717, 1.165) is 16.8 Å². The van der Waals surface area contributed by atoms with Crippen LogP contribution in [0.15, 0.2) is 18.2 Å². The molecule has 0 bridgehead atoms. The summed E-state index contributed by atoms with van der Waals surface area (Å²) in [6, 6.07) is 5.33. The Morgan fingerprint density at radius 2 is 1.95 bits per heavy atom. The Labute approximate surface area is 119 Å². The molecule has 1 aromatic rings. The van der Waals surface area contributed by atoms with Crippen molar-refractivity contribution in [1.29, 1.82) is 0 Å². The van der Waals surface area contributed by atoms with Crippen LogP contribution in [0.3, 0.4) is 0 Å². The molecule has 0 aliphatic carbocycles. The molecule has 4 nitrogen and oxygen atoms in total. The van der Waals surface area contributed by atoms with Gasteiger partial charge in [-0.25, -0.2) is 4.79 Å². The van der Waals surface area contributed by atoms with Gasteiger partial charge in [-0.1, -0.05) is 18.2 Å². The van der Waals surface area contributed by atoms with Gasteiger partial charge in [0.25, 0.3) is 0 Å². The molecule has 1 atom stereocenters. The number of carbonyl (C=O) groups is 1. The van der Waals surface area contributed by atoms with E-state index in [1.54, 1.807) is 11.8 Å². The Bertz CT molecular complexity index is 468. The fraction of sp³-hybridized carbons (Fsp3) is 0.429. The quantitative estimate of drug-likeness (QED) is 0.831. The van der Waals surface area contributed by atoms with Crippen LogP contribution in [-0.4, -0.2) is 33.7 Å². The first-order valence-electron chi connectivity index (χ1n) is 6.25. The summed E-state index contributed by atoms with van der Waals surface area (Å²) < 4.78 is 0. The molecule has 1 unspecified atom stereocenters. The number of likely N-dealkylation sites (N-methyl/N-ethyl adjacent to an activating group) is 1. The summed E-state index contributed by atoms with van der Waals surface area (Å²) in [6.45, 7) is 8.05. The molecule has 0 fully saturated rings. The number of aliphatic carboxylic acids is 1. The summed E-state index contributed by atoms with van der Waals surface area (Å²) in [6.07, 6.45) is 0.